The summed E-state index contributed by atoms with van der Waals surface area (Å²) in [5.41, 5.74) is 0. The van der Waals surface area contributed by atoms with Crippen molar-refractivity contribution in [2.45, 2.75) is 82.8 Å². The van der Waals surface area contributed by atoms with Gasteiger partial charge in [-0.25, -0.2) is 0 Å². The Morgan fingerprint density at radius 3 is 2.68 bits per heavy atom. The second-order valence-electron chi connectivity index (χ2n) is 10.4. The third-order valence-electron chi connectivity index (χ3n) is 8.22. The maximum absolute atomic E-state index is 12.9. The number of fused-ring (bicyclic) bond motifs is 1. The minimum Gasteiger partial charge on any atom is -0.355 e. The zero-order valence-electron chi connectivity index (χ0n) is 19.3. The van der Waals surface area contributed by atoms with Crippen LogP contribution in [0.2, 0.25) is 0 Å². The molecule has 0 radical (unpaired) electrons. The van der Waals surface area contributed by atoms with Gasteiger partial charge >= 0.3 is 0 Å². The van der Waals surface area contributed by atoms with Crippen molar-refractivity contribution < 1.29 is 9.59 Å². The monoisotopic (exact) mass is 433 g/mol. The lowest BCUT2D eigenvalue weighted by Gasteiger charge is -2.37. The molecule has 4 aliphatic rings. The van der Waals surface area contributed by atoms with Gasteiger partial charge in [-0.2, -0.15) is 0 Å². The topological polar surface area (TPSA) is 85.5 Å². The van der Waals surface area contributed by atoms with Crippen LogP contribution >= 0.6 is 0 Å². The summed E-state index contributed by atoms with van der Waals surface area (Å²) in [7, 11) is 0. The number of piperidine rings is 3. The Kier molecular flexibility index (Phi) is 8.24. The van der Waals surface area contributed by atoms with Gasteiger partial charge in [-0.15, -0.1) is 0 Å². The summed E-state index contributed by atoms with van der Waals surface area (Å²) in [5, 5.41) is 13.6. The fourth-order valence-corrected chi connectivity index (χ4v) is 6.15. The second-order valence-corrected chi connectivity index (χ2v) is 10.4. The summed E-state index contributed by atoms with van der Waals surface area (Å²) in [6.45, 7) is 7.94. The van der Waals surface area contributed by atoms with Crippen molar-refractivity contribution in [1.29, 1.82) is 0 Å². The molecule has 4 saturated heterocycles. The summed E-state index contributed by atoms with van der Waals surface area (Å²) >= 11 is 0. The van der Waals surface area contributed by atoms with E-state index in [1.54, 1.807) is 0 Å². The molecule has 4 heterocycles. The number of amides is 2. The zero-order valence-corrected chi connectivity index (χ0v) is 19.3. The van der Waals surface area contributed by atoms with E-state index in [4.69, 9.17) is 0 Å². The number of likely N-dealkylation sites (tertiary alicyclic amines) is 1. The number of rotatable bonds is 7. The van der Waals surface area contributed by atoms with Crippen LogP contribution in [0.25, 0.3) is 0 Å². The van der Waals surface area contributed by atoms with Gasteiger partial charge in [0.15, 0.2) is 0 Å². The van der Waals surface area contributed by atoms with Crippen LogP contribution in [0.1, 0.15) is 64.7 Å². The minimum absolute atomic E-state index is 0.00107. The fraction of sp³-hybridized carbons (Fsp3) is 0.917. The van der Waals surface area contributed by atoms with Crippen LogP contribution < -0.4 is 21.3 Å². The Morgan fingerprint density at radius 1 is 1.06 bits per heavy atom. The summed E-state index contributed by atoms with van der Waals surface area (Å²) in [5.74, 6) is 2.07. The van der Waals surface area contributed by atoms with Gasteiger partial charge in [0.2, 0.25) is 11.8 Å². The molecule has 0 aromatic rings. The predicted molar refractivity (Wildman–Crippen MR) is 123 cm³/mol. The smallest absolute Gasteiger partial charge is 0.237 e. The highest BCUT2D eigenvalue weighted by Crippen LogP contribution is 2.27. The number of nitrogens with one attached hydrogen (secondary N) is 4. The van der Waals surface area contributed by atoms with Gasteiger partial charge in [-0.05, 0) is 83.3 Å². The highest BCUT2D eigenvalue weighted by Gasteiger charge is 2.38. The largest absolute Gasteiger partial charge is 0.355 e. The van der Waals surface area contributed by atoms with E-state index in [9.17, 15) is 9.59 Å². The summed E-state index contributed by atoms with van der Waals surface area (Å²) < 4.78 is 0. The molecule has 0 bridgehead atoms. The summed E-state index contributed by atoms with van der Waals surface area (Å²) in [6.07, 6.45) is 9.96. The lowest BCUT2D eigenvalue weighted by atomic mass is 9.87. The normalized spacial score (nSPS) is 34.4. The maximum Gasteiger partial charge on any atom is 0.237 e. The molecule has 0 aliphatic carbocycles. The van der Waals surface area contributed by atoms with Crippen molar-refractivity contribution in [3.05, 3.63) is 0 Å². The quantitative estimate of drug-likeness (QED) is 0.454. The molecule has 4 rings (SSSR count). The van der Waals surface area contributed by atoms with Crippen molar-refractivity contribution in [3.8, 4) is 0 Å². The van der Waals surface area contributed by atoms with Gasteiger partial charge < -0.3 is 26.2 Å². The number of carbonyl (C=O) groups excluding carboxylic acids is 2. The van der Waals surface area contributed by atoms with Gasteiger partial charge in [-0.1, -0.05) is 12.8 Å². The van der Waals surface area contributed by atoms with Gasteiger partial charge in [0.25, 0.3) is 0 Å². The molecule has 0 saturated carbocycles. The molecule has 7 nitrogen and oxygen atoms in total. The summed E-state index contributed by atoms with van der Waals surface area (Å²) in [6, 6.07) is 0.834. The summed E-state index contributed by atoms with van der Waals surface area (Å²) in [4.78, 5) is 27.5. The molecule has 5 atom stereocenters. The van der Waals surface area contributed by atoms with E-state index in [2.05, 4.69) is 33.1 Å². The van der Waals surface area contributed by atoms with Crippen LogP contribution in [-0.4, -0.2) is 74.1 Å². The van der Waals surface area contributed by atoms with E-state index in [0.29, 0.717) is 23.9 Å². The molecule has 4 N–H and O–H groups in total. The third kappa shape index (κ3) is 5.99. The van der Waals surface area contributed by atoms with Crippen molar-refractivity contribution in [2.75, 3.05) is 39.3 Å². The van der Waals surface area contributed by atoms with Gasteiger partial charge in [0.05, 0.1) is 12.0 Å². The molecule has 0 spiro atoms. The van der Waals surface area contributed by atoms with E-state index in [1.165, 1.54) is 6.42 Å². The molecule has 2 amide bonds. The van der Waals surface area contributed by atoms with Gasteiger partial charge in [0.1, 0.15) is 0 Å². The van der Waals surface area contributed by atoms with Crippen LogP contribution in [0, 0.1) is 17.8 Å². The number of nitrogens with zero attached hydrogens (tertiary/aromatic N) is 1. The molecule has 0 aromatic heterocycles. The second kappa shape index (κ2) is 11.1. The van der Waals surface area contributed by atoms with Crippen LogP contribution in [0.3, 0.4) is 0 Å². The Hall–Kier alpha value is -1.18. The maximum atomic E-state index is 12.9. The van der Waals surface area contributed by atoms with Crippen molar-refractivity contribution in [3.63, 3.8) is 0 Å². The first-order chi connectivity index (χ1) is 15.1. The zero-order chi connectivity index (χ0) is 21.6. The number of unbranched alkanes of at least 4 members (excludes halogenated alkanes) is 1. The van der Waals surface area contributed by atoms with Crippen molar-refractivity contribution in [1.82, 2.24) is 26.2 Å². The molecule has 4 fully saturated rings. The standard InChI is InChI=1S/C24H43N5O2/c1-17-20(6-4-11-26-17)24(31)29-13-8-18(9-14-29)5-2-3-10-27-23(30)22-15-19-16-25-12-7-21(19)28-22/h17-22,25-26,28H,2-16H2,1H3,(H,27,30). The predicted octanol–water partition coefficient (Wildman–Crippen LogP) is 1.24. The molecular formula is C24H43N5O2. The number of carbonyl (C=O) groups is 2. The molecule has 31 heavy (non-hydrogen) atoms. The average molecular weight is 434 g/mol. The van der Waals surface area contributed by atoms with Crippen molar-refractivity contribution >= 4 is 11.8 Å². The SMILES string of the molecule is CC1NCCCC1C(=O)N1CCC(CCCCNC(=O)C2CC3CNCCC3N2)CC1. The number of hydrogen-bond acceptors (Lipinski definition) is 5. The molecule has 4 aliphatic heterocycles. The van der Waals surface area contributed by atoms with E-state index in [0.717, 1.165) is 96.6 Å². The molecular weight excluding hydrogens is 390 g/mol. The Labute approximate surface area is 187 Å². The fourth-order valence-electron chi connectivity index (χ4n) is 6.15. The van der Waals surface area contributed by atoms with E-state index < -0.39 is 0 Å². The first-order valence-corrected chi connectivity index (χ1v) is 12.9. The van der Waals surface area contributed by atoms with Crippen molar-refractivity contribution in [2.24, 2.45) is 17.8 Å². The molecule has 5 unspecified atom stereocenters. The first-order valence-electron chi connectivity index (χ1n) is 12.9. The van der Waals surface area contributed by atoms with Gasteiger partial charge in [-0.3, -0.25) is 9.59 Å². The Bertz CT molecular complexity index is 593. The van der Waals surface area contributed by atoms with E-state index >= 15 is 0 Å². The van der Waals surface area contributed by atoms with Crippen LogP contribution in [0.5, 0.6) is 0 Å². The van der Waals surface area contributed by atoms with Crippen LogP contribution in [-0.2, 0) is 9.59 Å². The van der Waals surface area contributed by atoms with Crippen LogP contribution in [0.4, 0.5) is 0 Å². The average Bonchev–Trinajstić information content (AvgIpc) is 3.23. The minimum atomic E-state index is -0.00107. The van der Waals surface area contributed by atoms with E-state index in [-0.39, 0.29) is 17.9 Å². The number of hydrogen-bond donors (Lipinski definition) is 4. The lowest BCUT2D eigenvalue weighted by molar-refractivity contribution is -0.138. The molecule has 176 valence electrons. The molecule has 7 heteroatoms. The molecule has 0 aromatic carbocycles. The third-order valence-corrected chi connectivity index (χ3v) is 8.22. The highest BCUT2D eigenvalue weighted by atomic mass is 16.2. The first kappa shape index (κ1) is 23.0. The van der Waals surface area contributed by atoms with Crippen LogP contribution in [0.15, 0.2) is 0 Å². The highest BCUT2D eigenvalue weighted by molar-refractivity contribution is 5.82. The van der Waals surface area contributed by atoms with Gasteiger partial charge in [0, 0.05) is 31.7 Å². The Morgan fingerprint density at radius 2 is 1.90 bits per heavy atom. The lowest BCUT2D eigenvalue weighted by Crippen LogP contribution is -2.50. The van der Waals surface area contributed by atoms with E-state index in [1.807, 2.05) is 0 Å². The Balaban J connectivity index is 1.06.